The molecular formula is C55H56O12W2-2. The van der Waals surface area contributed by atoms with Crippen LogP contribution in [0.15, 0.2) is 97.1 Å². The van der Waals surface area contributed by atoms with E-state index < -0.39 is 17.2 Å². The van der Waals surface area contributed by atoms with E-state index >= 15 is 0 Å². The molecule has 362 valence electrons. The van der Waals surface area contributed by atoms with Gasteiger partial charge in [0.2, 0.25) is 0 Å². The number of esters is 1. The maximum Gasteiger partial charge on any atom is 0.343 e. The first kappa shape index (κ1) is 50.9. The second-order valence-corrected chi connectivity index (χ2v) is 19.5. The summed E-state index contributed by atoms with van der Waals surface area (Å²) in [4.78, 5) is 25.5. The topological polar surface area (TPSA) is 119 Å². The third-order valence-corrected chi connectivity index (χ3v) is 13.0. The first-order valence-electron chi connectivity index (χ1n) is 22.8. The SMILES string of the molecule is Cc1cc2c(cc1OOCc1ccc3cc(OCOC[C-]4COC4)ccc3c1)C(C)(C)CC1(CC(C)(C)c3cc(OC(=O)c4ccc5cc(OCOC[C-]6COC6)ccc5c4)c(C)cc3O1)O2.[W].[W]. The number of rotatable bonds is 16. The number of hydrogen-bond donors (Lipinski definition) is 0. The average molecular weight is 1280 g/mol. The summed E-state index contributed by atoms with van der Waals surface area (Å²) in [6.45, 7) is 17.1. The van der Waals surface area contributed by atoms with E-state index in [1.807, 2.05) is 92.7 Å². The third kappa shape index (κ3) is 11.3. The van der Waals surface area contributed by atoms with E-state index in [2.05, 4.69) is 39.8 Å². The fourth-order valence-corrected chi connectivity index (χ4v) is 9.38. The van der Waals surface area contributed by atoms with E-state index in [0.29, 0.717) is 81.0 Å². The molecular weight excluding hydrogens is 1220 g/mol. The summed E-state index contributed by atoms with van der Waals surface area (Å²) in [7, 11) is 0. The van der Waals surface area contributed by atoms with Crippen molar-refractivity contribution in [3.05, 3.63) is 142 Å². The van der Waals surface area contributed by atoms with Crippen LogP contribution in [0.3, 0.4) is 0 Å². The molecule has 6 aromatic carbocycles. The van der Waals surface area contributed by atoms with Crippen molar-refractivity contribution in [2.45, 2.75) is 77.6 Å². The van der Waals surface area contributed by atoms with Crippen molar-refractivity contribution in [1.29, 1.82) is 0 Å². The maximum atomic E-state index is 13.6. The Morgan fingerprint density at radius 3 is 1.64 bits per heavy atom. The summed E-state index contributed by atoms with van der Waals surface area (Å²) in [5.41, 5.74) is 4.31. The van der Waals surface area contributed by atoms with E-state index in [1.54, 1.807) is 6.07 Å². The Morgan fingerprint density at radius 1 is 0.594 bits per heavy atom. The number of aryl methyl sites for hydroxylation is 2. The number of fused-ring (bicyclic) bond motifs is 4. The molecule has 1 spiro atoms. The second-order valence-electron chi connectivity index (χ2n) is 19.5. The summed E-state index contributed by atoms with van der Waals surface area (Å²) in [6, 6.07) is 31.3. The summed E-state index contributed by atoms with van der Waals surface area (Å²) < 4.78 is 53.0. The molecule has 0 aromatic heterocycles. The minimum absolute atomic E-state index is 0. The van der Waals surface area contributed by atoms with Gasteiger partial charge < -0.3 is 47.5 Å². The van der Waals surface area contributed by atoms with Crippen molar-refractivity contribution >= 4 is 27.5 Å². The van der Waals surface area contributed by atoms with Crippen LogP contribution >= 0.6 is 0 Å². The van der Waals surface area contributed by atoms with E-state index in [9.17, 15) is 4.79 Å². The van der Waals surface area contributed by atoms with Crippen LogP contribution in [0.5, 0.6) is 34.5 Å². The number of carbonyl (C=O) groups is 1. The van der Waals surface area contributed by atoms with Crippen LogP contribution in [0.2, 0.25) is 0 Å². The van der Waals surface area contributed by atoms with Crippen molar-refractivity contribution < 1.29 is 99.3 Å². The zero-order valence-electron chi connectivity index (χ0n) is 39.7. The molecule has 14 heteroatoms. The third-order valence-electron chi connectivity index (χ3n) is 13.0. The van der Waals surface area contributed by atoms with Crippen molar-refractivity contribution in [1.82, 2.24) is 0 Å². The molecule has 4 heterocycles. The number of ether oxygens (including phenoxy) is 9. The largest absolute Gasteiger partial charge is 0.468 e. The summed E-state index contributed by atoms with van der Waals surface area (Å²) >= 11 is 0. The van der Waals surface area contributed by atoms with Crippen molar-refractivity contribution in [3.8, 4) is 34.5 Å². The Bertz CT molecular complexity index is 2820. The molecule has 6 aromatic rings. The van der Waals surface area contributed by atoms with E-state index in [0.717, 1.165) is 60.9 Å². The minimum Gasteiger partial charge on any atom is -0.468 e. The molecule has 4 aliphatic rings. The van der Waals surface area contributed by atoms with Gasteiger partial charge in [-0.2, -0.15) is 4.89 Å². The molecule has 2 saturated heterocycles. The predicted molar refractivity (Wildman–Crippen MR) is 251 cm³/mol. The predicted octanol–water partition coefficient (Wildman–Crippen LogP) is 10.8. The van der Waals surface area contributed by atoms with Gasteiger partial charge in [-0.3, -0.25) is 0 Å². The molecule has 0 N–H and O–H groups in total. The van der Waals surface area contributed by atoms with E-state index in [1.165, 1.54) is 11.8 Å². The monoisotopic (exact) mass is 1280 g/mol. The molecule has 12 nitrogen and oxygen atoms in total. The fraction of sp³-hybridized carbons (Fsp3) is 0.364. The van der Waals surface area contributed by atoms with Crippen molar-refractivity contribution in [3.63, 3.8) is 0 Å². The number of carbonyl (C=O) groups excluding carboxylic acids is 1. The molecule has 4 aliphatic heterocycles. The molecule has 0 radical (unpaired) electrons. The maximum absolute atomic E-state index is 13.6. The Morgan fingerprint density at radius 2 is 1.09 bits per heavy atom. The molecule has 0 saturated carbocycles. The van der Waals surface area contributed by atoms with Crippen LogP contribution in [-0.2, 0) is 83.4 Å². The Kier molecular flexibility index (Phi) is 15.5. The smallest absolute Gasteiger partial charge is 0.343 e. The summed E-state index contributed by atoms with van der Waals surface area (Å²) in [6.07, 6.45) is 1.17. The van der Waals surface area contributed by atoms with Crippen LogP contribution in [0.25, 0.3) is 21.5 Å². The minimum atomic E-state index is -0.933. The molecule has 1 atom stereocenters. The molecule has 2 fully saturated rings. The van der Waals surface area contributed by atoms with E-state index in [-0.39, 0.29) is 67.7 Å². The zero-order chi connectivity index (χ0) is 46.3. The van der Waals surface area contributed by atoms with Crippen molar-refractivity contribution in [2.24, 2.45) is 0 Å². The standard InChI is InChI=1S/C55H56O12.2W/c1-34-15-50-46(21-48(34)64-52(56)43-10-9-42-20-45(14-12-40(42)18-43)62-33-60-28-38-25-58-26-38)53(3,4)30-55(65-50)31-54(5,6)47-22-49(35(2)16-51(47)66-55)67-63-29-36-7-8-41-19-44(13-11-39(41)17-36)61-32-59-27-37-23-57-24-37;;/h7-22H,23-33H2,1-6H3;;/q-2;;. The first-order valence-corrected chi connectivity index (χ1v) is 22.8. The van der Waals surface area contributed by atoms with Crippen LogP contribution in [0.1, 0.15) is 78.7 Å². The van der Waals surface area contributed by atoms with Gasteiger partial charge in [0.05, 0.1) is 5.56 Å². The van der Waals surface area contributed by atoms with Gasteiger partial charge in [0, 0.05) is 76.9 Å². The molecule has 0 bridgehead atoms. The van der Waals surface area contributed by atoms with Gasteiger partial charge in [-0.25, -0.2) is 16.6 Å². The first-order chi connectivity index (χ1) is 32.3. The van der Waals surface area contributed by atoms with Crippen LogP contribution in [0, 0.1) is 25.7 Å². The van der Waals surface area contributed by atoms with Gasteiger partial charge in [0.15, 0.2) is 19.3 Å². The molecule has 0 aliphatic carbocycles. The quantitative estimate of drug-likeness (QED) is 0.0175. The van der Waals surface area contributed by atoms with Crippen LogP contribution < -0.4 is 28.6 Å². The van der Waals surface area contributed by atoms with Crippen LogP contribution in [-0.4, -0.2) is 65.0 Å². The second kappa shape index (κ2) is 21.1. The molecule has 1 unspecified atom stereocenters. The van der Waals surface area contributed by atoms with Gasteiger partial charge in [0.25, 0.3) is 5.79 Å². The van der Waals surface area contributed by atoms with Gasteiger partial charge in [-0.05, 0) is 119 Å². The Hall–Kier alpha value is -4.51. The van der Waals surface area contributed by atoms with Gasteiger partial charge in [-0.1, -0.05) is 97.7 Å². The summed E-state index contributed by atoms with van der Waals surface area (Å²) in [5.74, 6) is 5.12. The normalized spacial score (nSPS) is 18.8. The number of hydrogen-bond acceptors (Lipinski definition) is 12. The van der Waals surface area contributed by atoms with Gasteiger partial charge >= 0.3 is 5.97 Å². The zero-order valence-corrected chi connectivity index (χ0v) is 45.6. The van der Waals surface area contributed by atoms with Gasteiger partial charge in [0.1, 0.15) is 35.4 Å². The average Bonchev–Trinajstić information content (AvgIpc) is 3.25. The molecule has 0 amide bonds. The molecule has 69 heavy (non-hydrogen) atoms. The number of benzene rings is 6. The van der Waals surface area contributed by atoms with Crippen LogP contribution in [0.4, 0.5) is 0 Å². The molecule has 10 rings (SSSR count). The van der Waals surface area contributed by atoms with Crippen molar-refractivity contribution in [2.75, 3.05) is 53.2 Å². The van der Waals surface area contributed by atoms with Gasteiger partial charge in [-0.15, -0.1) is 0 Å². The summed E-state index contributed by atoms with van der Waals surface area (Å²) in [5, 5.41) is 3.96. The van der Waals surface area contributed by atoms with E-state index in [4.69, 9.17) is 52.4 Å². The fourth-order valence-electron chi connectivity index (χ4n) is 9.38. The Labute approximate surface area is 431 Å². The Balaban J connectivity index is 0.00000321.